The van der Waals surface area contributed by atoms with Crippen LogP contribution in [-0.4, -0.2) is 13.2 Å². The predicted octanol–water partition coefficient (Wildman–Crippen LogP) is 3.55. The lowest BCUT2D eigenvalue weighted by Crippen LogP contribution is -2.02. The van der Waals surface area contributed by atoms with Crippen LogP contribution in [0.2, 0.25) is 0 Å². The Bertz CT molecular complexity index is 151. The molecule has 1 aliphatic heterocycles. The Kier molecular flexibility index (Phi) is 5.14. The van der Waals surface area contributed by atoms with Crippen LogP contribution >= 0.6 is 0 Å². The molecular weight excluding hydrogens is 160 g/mol. The molecule has 0 saturated carbocycles. The molecule has 0 amide bonds. The largest absolute Gasteiger partial charge is 0.381 e. The van der Waals surface area contributed by atoms with E-state index >= 15 is 0 Å². The molecule has 1 atom stereocenters. The Balaban J connectivity index is 2.41. The zero-order valence-electron chi connectivity index (χ0n) is 9.01. The molecule has 0 aromatic heterocycles. The molecule has 0 aliphatic carbocycles. The first kappa shape index (κ1) is 10.8. The summed E-state index contributed by atoms with van der Waals surface area (Å²) < 4.78 is 5.50. The molecule has 0 bridgehead atoms. The van der Waals surface area contributed by atoms with E-state index in [2.05, 4.69) is 19.9 Å². The van der Waals surface area contributed by atoms with Crippen LogP contribution in [0.25, 0.3) is 0 Å². The topological polar surface area (TPSA) is 9.23 Å². The Morgan fingerprint density at radius 2 is 1.85 bits per heavy atom. The van der Waals surface area contributed by atoms with E-state index in [1.807, 2.05) is 0 Å². The summed E-state index contributed by atoms with van der Waals surface area (Å²) in [6.45, 7) is 6.36. The van der Waals surface area contributed by atoms with Gasteiger partial charge in [0.05, 0.1) is 0 Å². The number of hydrogen-bond acceptors (Lipinski definition) is 1. The fourth-order valence-corrected chi connectivity index (χ4v) is 1.96. The van der Waals surface area contributed by atoms with E-state index in [9.17, 15) is 0 Å². The highest BCUT2D eigenvalue weighted by Crippen LogP contribution is 2.24. The second kappa shape index (κ2) is 6.20. The Morgan fingerprint density at radius 3 is 2.62 bits per heavy atom. The first-order chi connectivity index (χ1) is 6.34. The minimum Gasteiger partial charge on any atom is -0.381 e. The first-order valence-electron chi connectivity index (χ1n) is 5.55. The maximum atomic E-state index is 5.50. The lowest BCUT2D eigenvalue weighted by Gasteiger charge is -2.15. The molecule has 1 fully saturated rings. The molecule has 1 nitrogen and oxygen atoms in total. The van der Waals surface area contributed by atoms with Gasteiger partial charge in [0, 0.05) is 13.2 Å². The van der Waals surface area contributed by atoms with Crippen molar-refractivity contribution < 1.29 is 4.74 Å². The second-order valence-corrected chi connectivity index (χ2v) is 3.98. The second-order valence-electron chi connectivity index (χ2n) is 3.98. The van der Waals surface area contributed by atoms with E-state index in [-0.39, 0.29) is 0 Å². The van der Waals surface area contributed by atoms with Crippen molar-refractivity contribution in [1.82, 2.24) is 0 Å². The van der Waals surface area contributed by atoms with Crippen molar-refractivity contribution >= 4 is 0 Å². The van der Waals surface area contributed by atoms with Gasteiger partial charge in [-0.1, -0.05) is 18.1 Å². The fraction of sp³-hybridized carbons (Fsp3) is 0.833. The molecule has 0 spiro atoms. The highest BCUT2D eigenvalue weighted by Gasteiger charge is 2.11. The molecule has 1 aliphatic rings. The van der Waals surface area contributed by atoms with Gasteiger partial charge in [-0.25, -0.2) is 0 Å². The fourth-order valence-electron chi connectivity index (χ4n) is 1.96. The monoisotopic (exact) mass is 182 g/mol. The smallest absolute Gasteiger partial charge is 0.0466 e. The van der Waals surface area contributed by atoms with Crippen LogP contribution in [0.3, 0.4) is 0 Å². The average molecular weight is 182 g/mol. The number of allylic oxidation sites excluding steroid dienone is 2. The van der Waals surface area contributed by atoms with Crippen LogP contribution < -0.4 is 0 Å². The molecule has 1 rings (SSSR count). The normalized spacial score (nSPS) is 27.5. The minimum atomic E-state index is 0.826. The summed E-state index contributed by atoms with van der Waals surface area (Å²) in [5.74, 6) is 0.826. The quantitative estimate of drug-likeness (QED) is 0.563. The maximum Gasteiger partial charge on any atom is 0.0466 e. The lowest BCUT2D eigenvalue weighted by atomic mass is 9.90. The van der Waals surface area contributed by atoms with E-state index < -0.39 is 0 Å². The summed E-state index contributed by atoms with van der Waals surface area (Å²) >= 11 is 0. The van der Waals surface area contributed by atoms with Gasteiger partial charge in [0.15, 0.2) is 0 Å². The average Bonchev–Trinajstić information content (AvgIpc) is 2.29. The summed E-state index contributed by atoms with van der Waals surface area (Å²) in [5.41, 5.74) is 1.57. The molecule has 0 aromatic rings. The van der Waals surface area contributed by atoms with E-state index in [4.69, 9.17) is 4.74 Å². The maximum absolute atomic E-state index is 5.50. The molecule has 0 aromatic carbocycles. The van der Waals surface area contributed by atoms with Crippen molar-refractivity contribution in [2.45, 2.75) is 46.0 Å². The SMILES string of the molecule is CC=C(C)C1CCCCOCCC1. The van der Waals surface area contributed by atoms with Gasteiger partial charge in [0.1, 0.15) is 0 Å². The minimum absolute atomic E-state index is 0.826. The zero-order chi connectivity index (χ0) is 9.52. The number of hydrogen-bond donors (Lipinski definition) is 0. The van der Waals surface area contributed by atoms with Crippen molar-refractivity contribution in [1.29, 1.82) is 0 Å². The molecule has 1 unspecified atom stereocenters. The Labute approximate surface area is 82.2 Å². The van der Waals surface area contributed by atoms with Crippen molar-refractivity contribution in [3.63, 3.8) is 0 Å². The molecule has 1 saturated heterocycles. The van der Waals surface area contributed by atoms with Gasteiger partial charge in [-0.2, -0.15) is 0 Å². The molecule has 1 heteroatoms. The molecule has 0 N–H and O–H groups in total. The van der Waals surface area contributed by atoms with Crippen molar-refractivity contribution in [3.05, 3.63) is 11.6 Å². The first-order valence-corrected chi connectivity index (χ1v) is 5.55. The van der Waals surface area contributed by atoms with Crippen LogP contribution in [0.15, 0.2) is 11.6 Å². The van der Waals surface area contributed by atoms with Crippen molar-refractivity contribution in [3.8, 4) is 0 Å². The third-order valence-corrected chi connectivity index (χ3v) is 3.03. The van der Waals surface area contributed by atoms with Crippen LogP contribution in [0.1, 0.15) is 46.0 Å². The zero-order valence-corrected chi connectivity index (χ0v) is 9.01. The molecule has 76 valence electrons. The van der Waals surface area contributed by atoms with E-state index in [0.29, 0.717) is 0 Å². The van der Waals surface area contributed by atoms with Crippen LogP contribution in [0.5, 0.6) is 0 Å². The van der Waals surface area contributed by atoms with Crippen molar-refractivity contribution in [2.24, 2.45) is 5.92 Å². The summed E-state index contributed by atoms with van der Waals surface area (Å²) in [4.78, 5) is 0. The highest BCUT2D eigenvalue weighted by atomic mass is 16.5. The van der Waals surface area contributed by atoms with E-state index in [1.165, 1.54) is 32.1 Å². The van der Waals surface area contributed by atoms with Gasteiger partial charge >= 0.3 is 0 Å². The molecule has 0 radical (unpaired) electrons. The third kappa shape index (κ3) is 3.95. The van der Waals surface area contributed by atoms with E-state index in [1.54, 1.807) is 5.57 Å². The Hall–Kier alpha value is -0.300. The predicted molar refractivity (Wildman–Crippen MR) is 56.8 cm³/mol. The van der Waals surface area contributed by atoms with Gasteiger partial charge in [0.25, 0.3) is 0 Å². The molecule has 13 heavy (non-hydrogen) atoms. The highest BCUT2D eigenvalue weighted by molar-refractivity contribution is 5.01. The van der Waals surface area contributed by atoms with Gasteiger partial charge in [0.2, 0.25) is 0 Å². The molecular formula is C12H22O. The van der Waals surface area contributed by atoms with Crippen molar-refractivity contribution in [2.75, 3.05) is 13.2 Å². The third-order valence-electron chi connectivity index (χ3n) is 3.03. The van der Waals surface area contributed by atoms with Gasteiger partial charge in [-0.15, -0.1) is 0 Å². The standard InChI is InChI=1S/C12H22O/c1-3-11(2)12-7-4-5-9-13-10-6-8-12/h3,12H,4-10H2,1-2H3. The summed E-state index contributed by atoms with van der Waals surface area (Å²) in [7, 11) is 0. The number of rotatable bonds is 1. The van der Waals surface area contributed by atoms with Crippen LogP contribution in [-0.2, 0) is 4.74 Å². The van der Waals surface area contributed by atoms with Gasteiger partial charge in [-0.3, -0.25) is 0 Å². The van der Waals surface area contributed by atoms with Crippen LogP contribution in [0, 0.1) is 5.92 Å². The number of ether oxygens (including phenoxy) is 1. The summed E-state index contributed by atoms with van der Waals surface area (Å²) in [5, 5.41) is 0. The Morgan fingerprint density at radius 1 is 1.15 bits per heavy atom. The van der Waals surface area contributed by atoms with Crippen LogP contribution in [0.4, 0.5) is 0 Å². The lowest BCUT2D eigenvalue weighted by molar-refractivity contribution is 0.130. The van der Waals surface area contributed by atoms with Gasteiger partial charge < -0.3 is 4.74 Å². The summed E-state index contributed by atoms with van der Waals surface area (Å²) in [6.07, 6.45) is 8.75. The molecule has 1 heterocycles. The summed E-state index contributed by atoms with van der Waals surface area (Å²) in [6, 6.07) is 0. The van der Waals surface area contributed by atoms with E-state index in [0.717, 1.165) is 19.1 Å². The van der Waals surface area contributed by atoms with Gasteiger partial charge in [-0.05, 0) is 45.4 Å².